The molecule has 1 unspecified atom stereocenters. The van der Waals surface area contributed by atoms with Crippen LogP contribution in [0.15, 0.2) is 12.3 Å². The summed E-state index contributed by atoms with van der Waals surface area (Å²) in [6.45, 7) is 1.84. The van der Waals surface area contributed by atoms with Crippen LogP contribution in [-0.2, 0) is 26.3 Å². The van der Waals surface area contributed by atoms with E-state index < -0.39 is 11.5 Å². The Morgan fingerprint density at radius 2 is 2.35 bits per heavy atom. The van der Waals surface area contributed by atoms with Gasteiger partial charge in [-0.2, -0.15) is 4.39 Å². The minimum absolute atomic E-state index is 0.00294. The van der Waals surface area contributed by atoms with Crippen molar-refractivity contribution in [3.63, 3.8) is 0 Å². The van der Waals surface area contributed by atoms with Crippen LogP contribution in [0.5, 0.6) is 0 Å². The molecular formula is C12H14FNO3. The minimum atomic E-state index is -1.07. The molecule has 0 radical (unpaired) electrons. The lowest BCUT2D eigenvalue weighted by Gasteiger charge is -2.27. The summed E-state index contributed by atoms with van der Waals surface area (Å²) in [5.41, 5.74) is -0.153. The molecule has 1 aliphatic carbocycles. The molecule has 0 spiro atoms. The first-order valence-electron chi connectivity index (χ1n) is 5.45. The number of halogens is 1. The van der Waals surface area contributed by atoms with E-state index in [-0.39, 0.29) is 19.0 Å². The molecule has 0 saturated heterocycles. The SMILES string of the molecule is CCC1(OCOC)C(=O)Cc2c1ccnc2F. The Morgan fingerprint density at radius 1 is 1.59 bits per heavy atom. The molecule has 2 rings (SSSR count). The van der Waals surface area contributed by atoms with Crippen LogP contribution in [-0.4, -0.2) is 24.7 Å². The van der Waals surface area contributed by atoms with Crippen LogP contribution in [0, 0.1) is 5.95 Å². The number of ketones is 1. The van der Waals surface area contributed by atoms with Crippen molar-refractivity contribution in [3.8, 4) is 0 Å². The van der Waals surface area contributed by atoms with Crippen molar-refractivity contribution in [3.05, 3.63) is 29.3 Å². The zero-order valence-corrected chi connectivity index (χ0v) is 9.83. The summed E-state index contributed by atoms with van der Waals surface area (Å²) in [5.74, 6) is -0.730. The lowest BCUT2D eigenvalue weighted by Crippen LogP contribution is -2.35. The molecule has 5 heteroatoms. The average molecular weight is 239 g/mol. The van der Waals surface area contributed by atoms with Gasteiger partial charge < -0.3 is 9.47 Å². The molecule has 0 N–H and O–H groups in total. The highest BCUT2D eigenvalue weighted by Crippen LogP contribution is 2.40. The summed E-state index contributed by atoms with van der Waals surface area (Å²) in [4.78, 5) is 15.6. The summed E-state index contributed by atoms with van der Waals surface area (Å²) in [7, 11) is 1.48. The molecule has 1 aliphatic rings. The maximum atomic E-state index is 13.5. The smallest absolute Gasteiger partial charge is 0.216 e. The number of carbonyl (C=O) groups excluding carboxylic acids is 1. The third-order valence-electron chi connectivity index (χ3n) is 3.15. The molecule has 0 bridgehead atoms. The van der Waals surface area contributed by atoms with E-state index in [0.717, 1.165) is 0 Å². The number of aromatic nitrogens is 1. The topological polar surface area (TPSA) is 48.4 Å². The maximum absolute atomic E-state index is 13.5. The first-order valence-corrected chi connectivity index (χ1v) is 5.45. The Bertz CT molecular complexity index is 449. The van der Waals surface area contributed by atoms with E-state index in [1.54, 1.807) is 6.07 Å². The minimum Gasteiger partial charge on any atom is -0.359 e. The van der Waals surface area contributed by atoms with E-state index in [4.69, 9.17) is 9.47 Å². The lowest BCUT2D eigenvalue weighted by molar-refractivity contribution is -0.163. The highest BCUT2D eigenvalue weighted by molar-refractivity contribution is 5.95. The van der Waals surface area contributed by atoms with Gasteiger partial charge in [0, 0.05) is 30.9 Å². The molecule has 1 aromatic rings. The van der Waals surface area contributed by atoms with Gasteiger partial charge in [-0.25, -0.2) is 4.98 Å². The summed E-state index contributed by atoms with van der Waals surface area (Å²) >= 11 is 0. The molecule has 4 nitrogen and oxygen atoms in total. The number of methoxy groups -OCH3 is 1. The number of nitrogens with zero attached hydrogens (tertiary/aromatic N) is 1. The number of carbonyl (C=O) groups is 1. The molecule has 0 aromatic carbocycles. The summed E-state index contributed by atoms with van der Waals surface area (Å²) in [5, 5.41) is 0. The molecule has 1 aromatic heterocycles. The Balaban J connectivity index is 2.48. The predicted octanol–water partition coefficient (Wildman–Crippen LogP) is 1.57. The largest absolute Gasteiger partial charge is 0.359 e. The van der Waals surface area contributed by atoms with E-state index >= 15 is 0 Å². The molecule has 0 aliphatic heterocycles. The third-order valence-corrected chi connectivity index (χ3v) is 3.15. The molecule has 17 heavy (non-hydrogen) atoms. The lowest BCUT2D eigenvalue weighted by atomic mass is 9.92. The number of hydrogen-bond acceptors (Lipinski definition) is 4. The van der Waals surface area contributed by atoms with Gasteiger partial charge in [-0.15, -0.1) is 0 Å². The van der Waals surface area contributed by atoms with Crippen LogP contribution < -0.4 is 0 Å². The molecule has 1 heterocycles. The molecule has 92 valence electrons. The van der Waals surface area contributed by atoms with Crippen LogP contribution in [0.2, 0.25) is 0 Å². The average Bonchev–Trinajstić information content (AvgIpc) is 2.62. The zero-order valence-electron chi connectivity index (χ0n) is 9.83. The first-order chi connectivity index (χ1) is 8.15. The highest BCUT2D eigenvalue weighted by Gasteiger charge is 2.47. The number of hydrogen-bond donors (Lipinski definition) is 0. The predicted molar refractivity (Wildman–Crippen MR) is 57.8 cm³/mol. The fourth-order valence-electron chi connectivity index (χ4n) is 2.27. The number of ether oxygens (including phenoxy) is 2. The monoisotopic (exact) mass is 239 g/mol. The van der Waals surface area contributed by atoms with Crippen LogP contribution >= 0.6 is 0 Å². The molecule has 0 amide bonds. The summed E-state index contributed by atoms with van der Waals surface area (Å²) in [6.07, 6.45) is 1.84. The fraction of sp³-hybridized carbons (Fsp3) is 0.500. The van der Waals surface area contributed by atoms with E-state index in [0.29, 0.717) is 17.5 Å². The van der Waals surface area contributed by atoms with E-state index in [1.807, 2.05) is 6.92 Å². The molecule has 0 fully saturated rings. The van der Waals surface area contributed by atoms with Crippen LogP contribution in [0.3, 0.4) is 0 Å². The molecule has 1 atom stereocenters. The Morgan fingerprint density at radius 3 is 3.00 bits per heavy atom. The van der Waals surface area contributed by atoms with Crippen LogP contribution in [0.1, 0.15) is 24.5 Å². The van der Waals surface area contributed by atoms with Crippen molar-refractivity contribution in [1.82, 2.24) is 4.98 Å². The van der Waals surface area contributed by atoms with Gasteiger partial charge in [0.25, 0.3) is 0 Å². The molecule has 0 saturated carbocycles. The van der Waals surface area contributed by atoms with Crippen LogP contribution in [0.25, 0.3) is 0 Å². The summed E-state index contributed by atoms with van der Waals surface area (Å²) in [6, 6.07) is 1.64. The van der Waals surface area contributed by atoms with Gasteiger partial charge in [-0.1, -0.05) is 6.92 Å². The summed E-state index contributed by atoms with van der Waals surface area (Å²) < 4.78 is 23.9. The fourth-order valence-corrected chi connectivity index (χ4v) is 2.27. The first kappa shape index (κ1) is 12.1. The third kappa shape index (κ3) is 1.75. The second kappa shape index (κ2) is 4.50. The molecular weight excluding hydrogens is 225 g/mol. The quantitative estimate of drug-likeness (QED) is 0.591. The van der Waals surface area contributed by atoms with Crippen molar-refractivity contribution < 1.29 is 18.7 Å². The van der Waals surface area contributed by atoms with Gasteiger partial charge in [0.1, 0.15) is 6.79 Å². The standard InChI is InChI=1S/C12H14FNO3/c1-3-12(17-7-16-2)9-4-5-14-11(13)8(9)6-10(12)15/h4-5H,3,6-7H2,1-2H3. The second-order valence-electron chi connectivity index (χ2n) is 3.96. The number of fused-ring (bicyclic) bond motifs is 1. The number of pyridine rings is 1. The van der Waals surface area contributed by atoms with E-state index in [9.17, 15) is 9.18 Å². The number of rotatable bonds is 4. The van der Waals surface area contributed by atoms with Crippen LogP contribution in [0.4, 0.5) is 4.39 Å². The van der Waals surface area contributed by atoms with Crippen molar-refractivity contribution in [2.75, 3.05) is 13.9 Å². The number of Topliss-reactive ketones (excluding diaryl/α,β-unsaturated/α-hetero) is 1. The van der Waals surface area contributed by atoms with Crippen molar-refractivity contribution in [2.45, 2.75) is 25.4 Å². The normalized spacial score (nSPS) is 22.9. The zero-order chi connectivity index (χ0) is 12.5. The van der Waals surface area contributed by atoms with Crippen molar-refractivity contribution >= 4 is 5.78 Å². The van der Waals surface area contributed by atoms with Gasteiger partial charge in [0.05, 0.1) is 0 Å². The second-order valence-corrected chi connectivity index (χ2v) is 3.96. The van der Waals surface area contributed by atoms with Crippen molar-refractivity contribution in [1.29, 1.82) is 0 Å². The van der Waals surface area contributed by atoms with E-state index in [2.05, 4.69) is 4.98 Å². The maximum Gasteiger partial charge on any atom is 0.216 e. The Hall–Kier alpha value is -1.33. The Labute approximate surface area is 98.8 Å². The van der Waals surface area contributed by atoms with Crippen molar-refractivity contribution in [2.24, 2.45) is 0 Å². The van der Waals surface area contributed by atoms with Gasteiger partial charge in [-0.3, -0.25) is 4.79 Å². The van der Waals surface area contributed by atoms with Gasteiger partial charge >= 0.3 is 0 Å². The van der Waals surface area contributed by atoms with Gasteiger partial charge in [0.15, 0.2) is 11.4 Å². The highest BCUT2D eigenvalue weighted by atomic mass is 19.1. The van der Waals surface area contributed by atoms with Gasteiger partial charge in [0.2, 0.25) is 5.95 Å². The van der Waals surface area contributed by atoms with Gasteiger partial charge in [-0.05, 0) is 12.5 Å². The Kier molecular flexibility index (Phi) is 3.22. The van der Waals surface area contributed by atoms with E-state index in [1.165, 1.54) is 13.3 Å².